The van der Waals surface area contributed by atoms with Crippen LogP contribution in [0.15, 0.2) is 18.2 Å². The molecular formula is C12H14F5NO. The molecule has 0 aliphatic heterocycles. The van der Waals surface area contributed by atoms with Gasteiger partial charge in [0.1, 0.15) is 12.4 Å². The Balaban J connectivity index is 2.56. The molecule has 2 nitrogen and oxygen atoms in total. The number of halogens is 5. The van der Waals surface area contributed by atoms with Gasteiger partial charge in [-0.1, -0.05) is 17.7 Å². The lowest BCUT2D eigenvalue weighted by molar-refractivity contribution is -0.166. The van der Waals surface area contributed by atoms with Gasteiger partial charge in [0, 0.05) is 5.56 Å². The van der Waals surface area contributed by atoms with Gasteiger partial charge in [-0.2, -0.15) is 8.78 Å². The molecule has 19 heavy (non-hydrogen) atoms. The average Bonchev–Trinajstić information content (AvgIpc) is 2.31. The van der Waals surface area contributed by atoms with E-state index in [2.05, 4.69) is 4.74 Å². The highest BCUT2D eigenvalue weighted by Gasteiger charge is 2.41. The Bertz CT molecular complexity index is 425. The number of alkyl halides is 4. The molecule has 108 valence electrons. The minimum absolute atomic E-state index is 0.0976. The minimum Gasteiger partial charge on any atom is -0.373 e. The summed E-state index contributed by atoms with van der Waals surface area (Å²) >= 11 is 0. The molecule has 1 aromatic rings. The summed E-state index contributed by atoms with van der Waals surface area (Å²) in [4.78, 5) is 0. The van der Waals surface area contributed by atoms with Gasteiger partial charge in [-0.3, -0.25) is 0 Å². The van der Waals surface area contributed by atoms with E-state index in [1.165, 1.54) is 18.2 Å². The molecule has 0 heterocycles. The second kappa shape index (κ2) is 6.29. The van der Waals surface area contributed by atoms with E-state index in [-0.39, 0.29) is 5.56 Å². The van der Waals surface area contributed by atoms with Crippen molar-refractivity contribution in [2.75, 3.05) is 13.2 Å². The number of nitrogens with two attached hydrogens (primary N) is 1. The van der Waals surface area contributed by atoms with Gasteiger partial charge >= 0.3 is 12.3 Å². The van der Waals surface area contributed by atoms with Crippen LogP contribution in [0.25, 0.3) is 0 Å². The molecule has 0 radical (unpaired) electrons. The molecule has 1 rings (SSSR count). The molecule has 1 aromatic carbocycles. The van der Waals surface area contributed by atoms with Crippen LogP contribution in [0.5, 0.6) is 0 Å². The summed E-state index contributed by atoms with van der Waals surface area (Å²) < 4.78 is 66.7. The van der Waals surface area contributed by atoms with Crippen LogP contribution >= 0.6 is 0 Å². The van der Waals surface area contributed by atoms with Crippen LogP contribution < -0.4 is 5.73 Å². The van der Waals surface area contributed by atoms with Crippen LogP contribution in [0.3, 0.4) is 0 Å². The molecule has 0 aromatic heterocycles. The topological polar surface area (TPSA) is 35.2 Å². The van der Waals surface area contributed by atoms with Gasteiger partial charge in [-0.25, -0.2) is 13.2 Å². The number of hydrogen-bond donors (Lipinski definition) is 1. The predicted molar refractivity (Wildman–Crippen MR) is 59.8 cm³/mol. The lowest BCUT2D eigenvalue weighted by atomic mass is 10.1. The first kappa shape index (κ1) is 15.8. The molecule has 0 saturated heterocycles. The number of ether oxygens (including phenoxy) is 1. The van der Waals surface area contributed by atoms with E-state index in [0.717, 1.165) is 5.56 Å². The third-order valence-electron chi connectivity index (χ3n) is 2.46. The smallest absolute Gasteiger partial charge is 0.330 e. The zero-order valence-corrected chi connectivity index (χ0v) is 10.2. The molecule has 0 saturated carbocycles. The third kappa shape index (κ3) is 4.43. The summed E-state index contributed by atoms with van der Waals surface area (Å²) in [6, 6.07) is 3.18. The Kier molecular flexibility index (Phi) is 5.25. The summed E-state index contributed by atoms with van der Waals surface area (Å²) in [7, 11) is 0. The van der Waals surface area contributed by atoms with E-state index < -0.39 is 37.4 Å². The van der Waals surface area contributed by atoms with Crippen LogP contribution in [-0.2, 0) is 4.74 Å². The normalized spacial score (nSPS) is 13.9. The van der Waals surface area contributed by atoms with Crippen molar-refractivity contribution in [2.24, 2.45) is 5.73 Å². The molecule has 0 spiro atoms. The van der Waals surface area contributed by atoms with E-state index in [1.54, 1.807) is 6.92 Å². The van der Waals surface area contributed by atoms with Crippen molar-refractivity contribution in [3.8, 4) is 0 Å². The summed E-state index contributed by atoms with van der Waals surface area (Å²) in [5.41, 5.74) is 6.41. The number of aryl methyl sites for hydroxylation is 1. The lowest BCUT2D eigenvalue weighted by Crippen LogP contribution is -2.33. The third-order valence-corrected chi connectivity index (χ3v) is 2.46. The highest BCUT2D eigenvalue weighted by Crippen LogP contribution is 2.24. The zero-order valence-electron chi connectivity index (χ0n) is 10.2. The quantitative estimate of drug-likeness (QED) is 0.814. The van der Waals surface area contributed by atoms with Crippen molar-refractivity contribution >= 4 is 0 Å². The van der Waals surface area contributed by atoms with Crippen LogP contribution in [0.4, 0.5) is 22.0 Å². The van der Waals surface area contributed by atoms with Gasteiger partial charge in [-0.15, -0.1) is 0 Å². The second-order valence-corrected chi connectivity index (χ2v) is 4.21. The summed E-state index contributed by atoms with van der Waals surface area (Å²) in [5, 5.41) is 0. The largest absolute Gasteiger partial charge is 0.373 e. The van der Waals surface area contributed by atoms with Crippen molar-refractivity contribution in [2.45, 2.75) is 25.3 Å². The van der Waals surface area contributed by atoms with E-state index in [0.29, 0.717) is 0 Å². The van der Waals surface area contributed by atoms with Crippen LogP contribution in [0, 0.1) is 12.7 Å². The van der Waals surface area contributed by atoms with Crippen LogP contribution in [-0.4, -0.2) is 25.6 Å². The van der Waals surface area contributed by atoms with Gasteiger partial charge in [0.2, 0.25) is 0 Å². The first-order chi connectivity index (χ1) is 8.74. The molecular weight excluding hydrogens is 269 g/mol. The Labute approximate surface area is 107 Å². The molecule has 7 heteroatoms. The Morgan fingerprint density at radius 2 is 1.95 bits per heavy atom. The second-order valence-electron chi connectivity index (χ2n) is 4.21. The summed E-state index contributed by atoms with van der Waals surface area (Å²) in [5.74, 6) is -4.83. The highest BCUT2D eigenvalue weighted by molar-refractivity contribution is 5.26. The predicted octanol–water partition coefficient (Wildman–Crippen LogP) is 3.05. The molecule has 1 atom stereocenters. The standard InChI is InChI=1S/C12H14F5NO/c1-7-2-3-9(13)8(4-7)10(18)5-19-6-12(16,17)11(14)15/h2-4,10-11H,5-6,18H2,1H3. The molecule has 0 fully saturated rings. The van der Waals surface area contributed by atoms with Gasteiger partial charge in [0.25, 0.3) is 0 Å². The van der Waals surface area contributed by atoms with E-state index in [9.17, 15) is 22.0 Å². The van der Waals surface area contributed by atoms with Crippen molar-refractivity contribution in [1.29, 1.82) is 0 Å². The number of rotatable bonds is 6. The van der Waals surface area contributed by atoms with Crippen LogP contribution in [0.1, 0.15) is 17.2 Å². The van der Waals surface area contributed by atoms with E-state index in [1.807, 2.05) is 0 Å². The lowest BCUT2D eigenvalue weighted by Gasteiger charge is -2.18. The fourth-order valence-electron chi connectivity index (χ4n) is 1.42. The molecule has 1 unspecified atom stereocenters. The van der Waals surface area contributed by atoms with Gasteiger partial charge < -0.3 is 10.5 Å². The van der Waals surface area contributed by atoms with Crippen LogP contribution in [0.2, 0.25) is 0 Å². The summed E-state index contributed by atoms with van der Waals surface area (Å²) in [6.07, 6.45) is -3.81. The monoisotopic (exact) mass is 283 g/mol. The first-order valence-corrected chi connectivity index (χ1v) is 5.49. The van der Waals surface area contributed by atoms with Crippen molar-refractivity contribution < 1.29 is 26.7 Å². The Morgan fingerprint density at radius 1 is 1.32 bits per heavy atom. The average molecular weight is 283 g/mol. The van der Waals surface area contributed by atoms with Gasteiger partial charge in [0.15, 0.2) is 0 Å². The minimum atomic E-state index is -4.23. The van der Waals surface area contributed by atoms with Crippen molar-refractivity contribution in [3.05, 3.63) is 35.1 Å². The fourth-order valence-corrected chi connectivity index (χ4v) is 1.42. The molecule has 2 N–H and O–H groups in total. The van der Waals surface area contributed by atoms with Crippen molar-refractivity contribution in [1.82, 2.24) is 0 Å². The molecule has 0 aliphatic rings. The van der Waals surface area contributed by atoms with Crippen molar-refractivity contribution in [3.63, 3.8) is 0 Å². The van der Waals surface area contributed by atoms with Gasteiger partial charge in [0.05, 0.1) is 12.6 Å². The number of benzene rings is 1. The first-order valence-electron chi connectivity index (χ1n) is 5.49. The number of hydrogen-bond acceptors (Lipinski definition) is 2. The maximum Gasteiger partial charge on any atom is 0.330 e. The van der Waals surface area contributed by atoms with Gasteiger partial charge in [-0.05, 0) is 13.0 Å². The molecule has 0 bridgehead atoms. The zero-order chi connectivity index (χ0) is 14.6. The SMILES string of the molecule is Cc1ccc(F)c(C(N)COCC(F)(F)C(F)F)c1. The van der Waals surface area contributed by atoms with E-state index in [4.69, 9.17) is 5.73 Å². The molecule has 0 aliphatic carbocycles. The summed E-state index contributed by atoms with van der Waals surface area (Å²) in [6.45, 7) is -0.212. The Morgan fingerprint density at radius 3 is 2.53 bits per heavy atom. The maximum atomic E-state index is 13.4. The van der Waals surface area contributed by atoms with E-state index >= 15 is 0 Å². The Hall–Kier alpha value is -1.21. The molecule has 0 amide bonds. The maximum absolute atomic E-state index is 13.4. The fraction of sp³-hybridized carbons (Fsp3) is 0.500. The highest BCUT2D eigenvalue weighted by atomic mass is 19.3.